The monoisotopic (exact) mass is 301 g/mol. The summed E-state index contributed by atoms with van der Waals surface area (Å²) < 4.78 is 18.3. The molecule has 0 spiro atoms. The van der Waals surface area contributed by atoms with Gasteiger partial charge < -0.3 is 14.7 Å². The van der Waals surface area contributed by atoms with E-state index in [2.05, 4.69) is 0 Å². The van der Waals surface area contributed by atoms with Crippen LogP contribution in [0.5, 0.6) is 5.75 Å². The molecule has 5 nitrogen and oxygen atoms in total. The average molecular weight is 301 g/mol. The number of hydrogen-bond acceptors (Lipinski definition) is 4. The zero-order valence-corrected chi connectivity index (χ0v) is 12.1. The third kappa shape index (κ3) is 5.08. The Balaban J connectivity index is 2.52. The normalized spacial score (nSPS) is 10.2. The van der Waals surface area contributed by atoms with Crippen molar-refractivity contribution in [2.75, 3.05) is 25.7 Å². The summed E-state index contributed by atoms with van der Waals surface area (Å²) >= 11 is 1.03. The Kier molecular flexibility index (Phi) is 6.30. The molecule has 0 unspecified atom stereocenters. The van der Waals surface area contributed by atoms with Crippen LogP contribution in [0.3, 0.4) is 0 Å². The van der Waals surface area contributed by atoms with Crippen LogP contribution in [0.1, 0.15) is 5.56 Å². The molecule has 0 aliphatic heterocycles. The Hall–Kier alpha value is -1.76. The molecular formula is C13H16FNO4S. The van der Waals surface area contributed by atoms with Gasteiger partial charge in [-0.3, -0.25) is 9.59 Å². The van der Waals surface area contributed by atoms with Crippen molar-refractivity contribution in [1.82, 2.24) is 4.90 Å². The van der Waals surface area contributed by atoms with Crippen molar-refractivity contribution in [3.63, 3.8) is 0 Å². The fraction of sp³-hybridized carbons (Fsp3) is 0.385. The topological polar surface area (TPSA) is 66.8 Å². The van der Waals surface area contributed by atoms with Crippen LogP contribution < -0.4 is 4.74 Å². The minimum Gasteiger partial charge on any atom is -0.494 e. The highest BCUT2D eigenvalue weighted by Crippen LogP contribution is 2.18. The third-order valence-electron chi connectivity index (χ3n) is 2.51. The van der Waals surface area contributed by atoms with Gasteiger partial charge in [0.2, 0.25) is 5.91 Å². The van der Waals surface area contributed by atoms with Crippen LogP contribution >= 0.6 is 11.8 Å². The van der Waals surface area contributed by atoms with Gasteiger partial charge in [0, 0.05) is 13.6 Å². The Labute approximate surface area is 120 Å². The summed E-state index contributed by atoms with van der Waals surface area (Å²) in [6.45, 7) is 0.257. The number of carbonyl (C=O) groups excluding carboxylic acids is 1. The molecular weight excluding hydrogens is 285 g/mol. The predicted octanol–water partition coefficient (Wildman–Crippen LogP) is 1.61. The molecule has 0 bridgehead atoms. The average Bonchev–Trinajstić information content (AvgIpc) is 2.38. The van der Waals surface area contributed by atoms with E-state index in [1.54, 1.807) is 13.1 Å². The van der Waals surface area contributed by atoms with Gasteiger partial charge in [-0.05, 0) is 17.7 Å². The van der Waals surface area contributed by atoms with Gasteiger partial charge >= 0.3 is 5.97 Å². The number of halogens is 1. The number of carbonyl (C=O) groups is 2. The number of hydrogen-bond donors (Lipinski definition) is 1. The summed E-state index contributed by atoms with van der Waals surface area (Å²) in [6.07, 6.45) is 0. The van der Waals surface area contributed by atoms with Crippen molar-refractivity contribution >= 4 is 23.6 Å². The molecule has 1 aromatic carbocycles. The number of rotatable bonds is 7. The smallest absolute Gasteiger partial charge is 0.313 e. The van der Waals surface area contributed by atoms with Gasteiger partial charge in [-0.1, -0.05) is 6.07 Å². The molecule has 1 rings (SSSR count). The second-order valence-corrected chi connectivity index (χ2v) is 5.09. The van der Waals surface area contributed by atoms with Crippen LogP contribution in [0.15, 0.2) is 18.2 Å². The zero-order valence-electron chi connectivity index (χ0n) is 11.3. The lowest BCUT2D eigenvalue weighted by atomic mass is 10.2. The van der Waals surface area contributed by atoms with Crippen LogP contribution in [-0.4, -0.2) is 47.5 Å². The maximum atomic E-state index is 13.5. The molecule has 0 radical (unpaired) electrons. The highest BCUT2D eigenvalue weighted by molar-refractivity contribution is 8.00. The number of aliphatic carboxylic acids is 1. The van der Waals surface area contributed by atoms with E-state index < -0.39 is 11.8 Å². The van der Waals surface area contributed by atoms with Gasteiger partial charge in [-0.2, -0.15) is 0 Å². The minimum absolute atomic E-state index is 0.0848. The summed E-state index contributed by atoms with van der Waals surface area (Å²) in [5, 5.41) is 8.48. The number of nitrogens with zero attached hydrogens (tertiary/aromatic N) is 1. The van der Waals surface area contributed by atoms with Gasteiger partial charge in [0.05, 0.1) is 18.6 Å². The first-order valence-electron chi connectivity index (χ1n) is 5.80. The lowest BCUT2D eigenvalue weighted by molar-refractivity contribution is -0.133. The molecule has 0 saturated carbocycles. The Morgan fingerprint density at radius 3 is 2.65 bits per heavy atom. The SMILES string of the molecule is COc1ccc(CN(C)C(=O)CSCC(=O)O)cc1F. The van der Waals surface area contributed by atoms with Crippen molar-refractivity contribution in [3.05, 3.63) is 29.6 Å². The summed E-state index contributed by atoms with van der Waals surface area (Å²) in [4.78, 5) is 23.5. The molecule has 0 heterocycles. The largest absolute Gasteiger partial charge is 0.494 e. The van der Waals surface area contributed by atoms with Crippen molar-refractivity contribution in [2.24, 2.45) is 0 Å². The second kappa shape index (κ2) is 7.74. The number of carboxylic acids is 1. The number of benzene rings is 1. The molecule has 1 N–H and O–H groups in total. The molecule has 0 fully saturated rings. The Morgan fingerprint density at radius 2 is 2.10 bits per heavy atom. The summed E-state index contributed by atoms with van der Waals surface area (Å²) in [7, 11) is 2.97. The molecule has 0 aliphatic carbocycles. The van der Waals surface area contributed by atoms with E-state index in [1.165, 1.54) is 24.1 Å². The van der Waals surface area contributed by atoms with Gasteiger partial charge in [0.15, 0.2) is 11.6 Å². The van der Waals surface area contributed by atoms with E-state index in [9.17, 15) is 14.0 Å². The molecule has 110 valence electrons. The van der Waals surface area contributed by atoms with Crippen LogP contribution in [0.2, 0.25) is 0 Å². The molecule has 1 aromatic rings. The molecule has 0 aliphatic rings. The summed E-state index contributed by atoms with van der Waals surface area (Å²) in [5.74, 6) is -1.51. The minimum atomic E-state index is -0.956. The van der Waals surface area contributed by atoms with E-state index in [-0.39, 0.29) is 29.7 Å². The standard InChI is InChI=1S/C13H16FNO4S/c1-15(12(16)7-20-8-13(17)18)6-9-3-4-11(19-2)10(14)5-9/h3-5H,6-8H2,1-2H3,(H,17,18). The van der Waals surface area contributed by atoms with E-state index in [1.807, 2.05) is 0 Å². The number of methoxy groups -OCH3 is 1. The fourth-order valence-electron chi connectivity index (χ4n) is 1.51. The van der Waals surface area contributed by atoms with Gasteiger partial charge in [-0.25, -0.2) is 4.39 Å². The van der Waals surface area contributed by atoms with E-state index in [0.717, 1.165) is 11.8 Å². The molecule has 0 saturated heterocycles. The molecule has 1 amide bonds. The van der Waals surface area contributed by atoms with Gasteiger partial charge in [0.1, 0.15) is 0 Å². The Morgan fingerprint density at radius 1 is 1.40 bits per heavy atom. The van der Waals surface area contributed by atoms with Crippen LogP contribution in [0, 0.1) is 5.82 Å². The summed E-state index contributed by atoms with van der Waals surface area (Å²) in [6, 6.07) is 4.49. The van der Waals surface area contributed by atoms with Gasteiger partial charge in [-0.15, -0.1) is 11.8 Å². The van der Waals surface area contributed by atoms with E-state index in [0.29, 0.717) is 5.56 Å². The third-order valence-corrected chi connectivity index (χ3v) is 3.41. The highest BCUT2D eigenvalue weighted by atomic mass is 32.2. The Bertz CT molecular complexity index is 495. The molecule has 7 heteroatoms. The maximum Gasteiger partial charge on any atom is 0.313 e. The van der Waals surface area contributed by atoms with E-state index >= 15 is 0 Å². The molecule has 20 heavy (non-hydrogen) atoms. The number of ether oxygens (including phenoxy) is 1. The van der Waals surface area contributed by atoms with Gasteiger partial charge in [0.25, 0.3) is 0 Å². The quantitative estimate of drug-likeness (QED) is 0.829. The van der Waals surface area contributed by atoms with Crippen LogP contribution in [0.4, 0.5) is 4.39 Å². The van der Waals surface area contributed by atoms with Crippen molar-refractivity contribution in [3.8, 4) is 5.75 Å². The number of thioether (sulfide) groups is 1. The maximum absolute atomic E-state index is 13.5. The second-order valence-electron chi connectivity index (χ2n) is 4.11. The van der Waals surface area contributed by atoms with Crippen molar-refractivity contribution in [2.45, 2.75) is 6.54 Å². The first-order valence-corrected chi connectivity index (χ1v) is 6.95. The van der Waals surface area contributed by atoms with Crippen LogP contribution in [-0.2, 0) is 16.1 Å². The first-order chi connectivity index (χ1) is 9.43. The highest BCUT2D eigenvalue weighted by Gasteiger charge is 2.11. The number of carboxylic acid groups (broad SMARTS) is 1. The van der Waals surface area contributed by atoms with Crippen LogP contribution in [0.25, 0.3) is 0 Å². The van der Waals surface area contributed by atoms with Crippen molar-refractivity contribution < 1.29 is 23.8 Å². The first kappa shape index (κ1) is 16.3. The molecule has 0 atom stereocenters. The summed E-state index contributed by atoms with van der Waals surface area (Å²) in [5.41, 5.74) is 0.641. The lowest BCUT2D eigenvalue weighted by Crippen LogP contribution is -2.28. The fourth-order valence-corrected chi connectivity index (χ4v) is 2.18. The molecule has 0 aromatic heterocycles. The lowest BCUT2D eigenvalue weighted by Gasteiger charge is -2.17. The predicted molar refractivity (Wildman–Crippen MR) is 74.4 cm³/mol. The number of amides is 1. The van der Waals surface area contributed by atoms with Crippen molar-refractivity contribution in [1.29, 1.82) is 0 Å². The van der Waals surface area contributed by atoms with E-state index in [4.69, 9.17) is 9.84 Å². The zero-order chi connectivity index (χ0) is 15.1.